The highest BCUT2D eigenvalue weighted by Gasteiger charge is 2.44. The summed E-state index contributed by atoms with van der Waals surface area (Å²) in [6.07, 6.45) is 4.41. The van der Waals surface area contributed by atoms with Crippen LogP contribution in [-0.4, -0.2) is 35.8 Å². The second kappa shape index (κ2) is 9.97. The molecule has 0 aromatic heterocycles. The van der Waals surface area contributed by atoms with E-state index in [1.165, 1.54) is 0 Å². The van der Waals surface area contributed by atoms with Gasteiger partial charge in [0.15, 0.2) is 0 Å². The highest BCUT2D eigenvalue weighted by Crippen LogP contribution is 2.37. The molecule has 166 valence electrons. The number of rotatable bonds is 5. The second-order valence-electron chi connectivity index (χ2n) is 8.91. The standard InChI is InChI=1S/C26H30N4O2/c27-16-18-6-10-21(11-7-18)26(32)30-15-14-23(20-4-2-1-3-5-20)24(30)25(31)29-22-12-8-19(17-28)9-13-22/h1-5,8-9,12-13,18,21,23-24H,6-7,10-11,14-16,27H2,(H,29,31). The number of amides is 2. The Bertz CT molecular complexity index is 975. The third kappa shape index (κ3) is 4.68. The number of nitrogens with zero attached hydrogens (tertiary/aromatic N) is 2. The summed E-state index contributed by atoms with van der Waals surface area (Å²) in [6, 6.07) is 18.3. The molecule has 2 amide bonds. The lowest BCUT2D eigenvalue weighted by Crippen LogP contribution is -2.48. The van der Waals surface area contributed by atoms with Crippen molar-refractivity contribution in [3.05, 3.63) is 65.7 Å². The van der Waals surface area contributed by atoms with Crippen LogP contribution in [0.5, 0.6) is 0 Å². The second-order valence-corrected chi connectivity index (χ2v) is 8.91. The van der Waals surface area contributed by atoms with Crippen LogP contribution in [0.15, 0.2) is 54.6 Å². The van der Waals surface area contributed by atoms with Crippen molar-refractivity contribution in [3.63, 3.8) is 0 Å². The van der Waals surface area contributed by atoms with E-state index in [0.717, 1.165) is 37.7 Å². The molecule has 1 heterocycles. The van der Waals surface area contributed by atoms with E-state index in [1.54, 1.807) is 24.3 Å². The number of nitrogens with one attached hydrogen (secondary N) is 1. The number of nitriles is 1. The van der Waals surface area contributed by atoms with E-state index in [4.69, 9.17) is 11.0 Å². The quantitative estimate of drug-likeness (QED) is 0.756. The maximum atomic E-state index is 13.5. The molecule has 1 aliphatic carbocycles. The van der Waals surface area contributed by atoms with Gasteiger partial charge >= 0.3 is 0 Å². The first kappa shape index (κ1) is 22.0. The molecule has 1 saturated heterocycles. The zero-order chi connectivity index (χ0) is 22.5. The molecular formula is C26H30N4O2. The predicted octanol–water partition coefficient (Wildman–Crippen LogP) is 3.65. The van der Waals surface area contributed by atoms with E-state index in [9.17, 15) is 9.59 Å². The van der Waals surface area contributed by atoms with E-state index in [2.05, 4.69) is 11.4 Å². The van der Waals surface area contributed by atoms with E-state index in [1.807, 2.05) is 35.2 Å². The zero-order valence-electron chi connectivity index (χ0n) is 18.2. The Kier molecular flexibility index (Phi) is 6.87. The fourth-order valence-electron chi connectivity index (χ4n) is 5.14. The number of carbonyl (C=O) groups excluding carboxylic acids is 2. The van der Waals surface area contributed by atoms with Crippen molar-refractivity contribution in [1.82, 2.24) is 4.90 Å². The monoisotopic (exact) mass is 430 g/mol. The van der Waals surface area contributed by atoms with Gasteiger partial charge in [-0.1, -0.05) is 30.3 Å². The summed E-state index contributed by atoms with van der Waals surface area (Å²) in [5, 5.41) is 12.0. The summed E-state index contributed by atoms with van der Waals surface area (Å²) in [4.78, 5) is 28.8. The molecule has 2 aromatic rings. The third-order valence-electron chi connectivity index (χ3n) is 6.99. The van der Waals surface area contributed by atoms with Gasteiger partial charge in [-0.05, 0) is 74.4 Å². The van der Waals surface area contributed by atoms with Crippen LogP contribution >= 0.6 is 0 Å². The Morgan fingerprint density at radius 2 is 1.69 bits per heavy atom. The van der Waals surface area contributed by atoms with Crippen LogP contribution in [0.2, 0.25) is 0 Å². The molecule has 2 fully saturated rings. The normalized spacial score (nSPS) is 25.2. The first-order valence-corrected chi connectivity index (χ1v) is 11.5. The molecule has 0 spiro atoms. The van der Waals surface area contributed by atoms with Crippen LogP contribution in [-0.2, 0) is 9.59 Å². The number of hydrogen-bond donors (Lipinski definition) is 2. The van der Waals surface area contributed by atoms with Crippen molar-refractivity contribution < 1.29 is 9.59 Å². The van der Waals surface area contributed by atoms with Crippen molar-refractivity contribution in [2.75, 3.05) is 18.4 Å². The van der Waals surface area contributed by atoms with Gasteiger partial charge in [0.25, 0.3) is 0 Å². The lowest BCUT2D eigenvalue weighted by molar-refractivity contribution is -0.141. The molecule has 1 saturated carbocycles. The van der Waals surface area contributed by atoms with Gasteiger partial charge in [0.05, 0.1) is 11.6 Å². The molecule has 0 bridgehead atoms. The Morgan fingerprint density at radius 1 is 1.00 bits per heavy atom. The molecule has 32 heavy (non-hydrogen) atoms. The maximum absolute atomic E-state index is 13.5. The van der Waals surface area contributed by atoms with Crippen molar-refractivity contribution in [3.8, 4) is 6.07 Å². The molecule has 2 aromatic carbocycles. The fraction of sp³-hybridized carbons (Fsp3) is 0.423. The van der Waals surface area contributed by atoms with Crippen LogP contribution in [0.4, 0.5) is 5.69 Å². The van der Waals surface area contributed by atoms with Crippen LogP contribution in [0.3, 0.4) is 0 Å². The first-order valence-electron chi connectivity index (χ1n) is 11.5. The minimum absolute atomic E-state index is 0.0301. The summed E-state index contributed by atoms with van der Waals surface area (Å²) < 4.78 is 0. The summed E-state index contributed by atoms with van der Waals surface area (Å²) >= 11 is 0. The largest absolute Gasteiger partial charge is 0.330 e. The first-order chi connectivity index (χ1) is 15.6. The number of anilines is 1. The minimum Gasteiger partial charge on any atom is -0.330 e. The summed E-state index contributed by atoms with van der Waals surface area (Å²) in [5.74, 6) is 0.352. The van der Waals surface area contributed by atoms with Gasteiger partial charge in [0.2, 0.25) is 11.8 Å². The van der Waals surface area contributed by atoms with Crippen LogP contribution in [0.1, 0.15) is 49.1 Å². The van der Waals surface area contributed by atoms with Gasteiger partial charge in [-0.2, -0.15) is 5.26 Å². The molecule has 1 aliphatic heterocycles. The Morgan fingerprint density at radius 3 is 2.31 bits per heavy atom. The molecular weight excluding hydrogens is 400 g/mol. The molecule has 6 heteroatoms. The lowest BCUT2D eigenvalue weighted by atomic mass is 9.81. The van der Waals surface area contributed by atoms with E-state index >= 15 is 0 Å². The number of hydrogen-bond acceptors (Lipinski definition) is 4. The molecule has 0 radical (unpaired) electrons. The molecule has 2 aliphatic rings. The fourth-order valence-corrected chi connectivity index (χ4v) is 5.14. The summed E-state index contributed by atoms with van der Waals surface area (Å²) in [5.41, 5.74) is 8.06. The maximum Gasteiger partial charge on any atom is 0.247 e. The predicted molar refractivity (Wildman–Crippen MR) is 124 cm³/mol. The van der Waals surface area contributed by atoms with Crippen molar-refractivity contribution in [2.24, 2.45) is 17.6 Å². The third-order valence-corrected chi connectivity index (χ3v) is 6.99. The topological polar surface area (TPSA) is 99.2 Å². The van der Waals surface area contributed by atoms with Gasteiger partial charge < -0.3 is 16.0 Å². The molecule has 6 nitrogen and oxygen atoms in total. The van der Waals surface area contributed by atoms with Crippen LogP contribution in [0.25, 0.3) is 0 Å². The summed E-state index contributed by atoms with van der Waals surface area (Å²) in [6.45, 7) is 1.26. The highest BCUT2D eigenvalue weighted by molar-refractivity contribution is 5.98. The lowest BCUT2D eigenvalue weighted by Gasteiger charge is -2.33. The number of carbonyl (C=O) groups is 2. The Labute approximate surface area is 189 Å². The Balaban J connectivity index is 1.55. The average molecular weight is 431 g/mol. The molecule has 3 N–H and O–H groups in total. The minimum atomic E-state index is -0.548. The van der Waals surface area contributed by atoms with Crippen molar-refractivity contribution >= 4 is 17.5 Å². The van der Waals surface area contributed by atoms with Crippen molar-refractivity contribution in [1.29, 1.82) is 5.26 Å². The molecule has 4 rings (SSSR count). The zero-order valence-corrected chi connectivity index (χ0v) is 18.2. The van der Waals surface area contributed by atoms with E-state index in [-0.39, 0.29) is 23.7 Å². The molecule has 2 unspecified atom stereocenters. The van der Waals surface area contributed by atoms with Gasteiger partial charge in [-0.15, -0.1) is 0 Å². The van der Waals surface area contributed by atoms with Gasteiger partial charge in [0.1, 0.15) is 6.04 Å². The Hall–Kier alpha value is -3.17. The van der Waals surface area contributed by atoms with E-state index < -0.39 is 6.04 Å². The SMILES string of the molecule is N#Cc1ccc(NC(=O)C2C(c3ccccc3)CCN2C(=O)C2CCC(CN)CC2)cc1. The smallest absolute Gasteiger partial charge is 0.247 e. The van der Waals surface area contributed by atoms with Crippen LogP contribution in [0, 0.1) is 23.2 Å². The average Bonchev–Trinajstić information content (AvgIpc) is 3.30. The van der Waals surface area contributed by atoms with Gasteiger partial charge in [-0.25, -0.2) is 0 Å². The van der Waals surface area contributed by atoms with Crippen LogP contribution < -0.4 is 11.1 Å². The van der Waals surface area contributed by atoms with Gasteiger partial charge in [0, 0.05) is 24.1 Å². The number of benzene rings is 2. The highest BCUT2D eigenvalue weighted by atomic mass is 16.2. The summed E-state index contributed by atoms with van der Waals surface area (Å²) in [7, 11) is 0. The number of nitrogens with two attached hydrogens (primary N) is 1. The van der Waals surface area contributed by atoms with Gasteiger partial charge in [-0.3, -0.25) is 9.59 Å². The van der Waals surface area contributed by atoms with Crippen molar-refractivity contribution in [2.45, 2.75) is 44.1 Å². The molecule has 2 atom stereocenters. The van der Waals surface area contributed by atoms with E-state index in [0.29, 0.717) is 30.3 Å². The number of likely N-dealkylation sites (tertiary alicyclic amines) is 1.